The van der Waals surface area contributed by atoms with E-state index < -0.39 is 8.07 Å². The first-order valence-corrected chi connectivity index (χ1v) is 7.41. The third-order valence-corrected chi connectivity index (χ3v) is 2.33. The van der Waals surface area contributed by atoms with E-state index in [1.165, 1.54) is 5.56 Å². The van der Waals surface area contributed by atoms with Gasteiger partial charge in [0.15, 0.2) is 0 Å². The van der Waals surface area contributed by atoms with E-state index in [4.69, 9.17) is 0 Å². The van der Waals surface area contributed by atoms with E-state index >= 15 is 0 Å². The van der Waals surface area contributed by atoms with Crippen molar-refractivity contribution in [1.29, 1.82) is 0 Å². The van der Waals surface area contributed by atoms with Crippen LogP contribution in [0, 0.1) is 6.04 Å². The summed E-state index contributed by atoms with van der Waals surface area (Å²) in [7, 11) is -1.15. The molecule has 0 nitrogen and oxygen atoms in total. The van der Waals surface area contributed by atoms with Crippen molar-refractivity contribution in [1.82, 2.24) is 0 Å². The molecule has 0 atom stereocenters. The summed E-state index contributed by atoms with van der Waals surface area (Å²) in [5, 5.41) is 0. The van der Waals surface area contributed by atoms with Gasteiger partial charge in [0.25, 0.3) is 0 Å². The van der Waals surface area contributed by atoms with Crippen molar-refractivity contribution < 1.29 is 0 Å². The lowest BCUT2D eigenvalue weighted by Gasteiger charge is -2.13. The molecule has 58 valence electrons. The highest BCUT2D eigenvalue weighted by Gasteiger charge is 2.13. The van der Waals surface area contributed by atoms with Gasteiger partial charge in [-0.05, 0) is 5.56 Å². The Kier molecular flexibility index (Phi) is 2.50. The van der Waals surface area contributed by atoms with Crippen LogP contribution in [0.5, 0.6) is 0 Å². The number of hydrogen-bond acceptors (Lipinski definition) is 0. The van der Waals surface area contributed by atoms with Gasteiger partial charge in [0.2, 0.25) is 0 Å². The molecule has 1 rings (SSSR count). The first-order chi connectivity index (χ1) is 5.08. The topological polar surface area (TPSA) is 0 Å². The van der Waals surface area contributed by atoms with Crippen molar-refractivity contribution in [3.63, 3.8) is 0 Å². The molecule has 11 heavy (non-hydrogen) atoms. The van der Waals surface area contributed by atoms with Crippen molar-refractivity contribution in [3.8, 4) is 0 Å². The van der Waals surface area contributed by atoms with E-state index in [1.807, 2.05) is 6.07 Å². The molecule has 1 aromatic carbocycles. The van der Waals surface area contributed by atoms with Crippen LogP contribution in [0.4, 0.5) is 0 Å². The summed E-state index contributed by atoms with van der Waals surface area (Å²) in [5.41, 5.74) is 1.24. The smallest absolute Gasteiger partial charge is 0.0573 e. The van der Waals surface area contributed by atoms with E-state index in [-0.39, 0.29) is 0 Å². The van der Waals surface area contributed by atoms with Gasteiger partial charge in [-0.15, -0.1) is 0 Å². The zero-order valence-corrected chi connectivity index (χ0v) is 8.39. The fraction of sp³-hybridized carbons (Fsp3) is 0.300. The van der Waals surface area contributed by atoms with Gasteiger partial charge in [-0.25, -0.2) is 0 Å². The Morgan fingerprint density at radius 3 is 2.00 bits per heavy atom. The molecule has 1 heteroatoms. The summed E-state index contributed by atoms with van der Waals surface area (Å²) in [6.07, 6.45) is 0. The third kappa shape index (κ3) is 3.37. The van der Waals surface area contributed by atoms with E-state index in [9.17, 15) is 0 Å². The van der Waals surface area contributed by atoms with Gasteiger partial charge in [0, 0.05) is 6.04 Å². The second-order valence-electron chi connectivity index (χ2n) is 3.74. The van der Waals surface area contributed by atoms with Gasteiger partial charge < -0.3 is 0 Å². The molecular formula is C10H14Si. The highest BCUT2D eigenvalue weighted by Crippen LogP contribution is 2.12. The van der Waals surface area contributed by atoms with Gasteiger partial charge in [-0.2, -0.15) is 0 Å². The molecule has 0 aliphatic rings. The molecule has 0 N–H and O–H groups in total. The molecule has 0 aliphatic heterocycles. The SMILES string of the molecule is C[Si](C)(C)[C]c1ccccc1. The van der Waals surface area contributed by atoms with Gasteiger partial charge in [0.1, 0.15) is 0 Å². The number of rotatable bonds is 2. The van der Waals surface area contributed by atoms with Crippen molar-refractivity contribution in [2.24, 2.45) is 0 Å². The minimum atomic E-state index is -1.15. The highest BCUT2D eigenvalue weighted by molar-refractivity contribution is 6.80. The van der Waals surface area contributed by atoms with Gasteiger partial charge in [0.05, 0.1) is 8.07 Å². The summed E-state index contributed by atoms with van der Waals surface area (Å²) in [5.74, 6) is 0. The van der Waals surface area contributed by atoms with Crippen molar-refractivity contribution >= 4 is 8.07 Å². The highest BCUT2D eigenvalue weighted by atomic mass is 28.3. The predicted octanol–water partition coefficient (Wildman–Crippen LogP) is 2.99. The van der Waals surface area contributed by atoms with Crippen LogP contribution in [0.25, 0.3) is 0 Å². The normalized spacial score (nSPS) is 11.5. The zero-order chi connectivity index (χ0) is 8.32. The van der Waals surface area contributed by atoms with Crippen LogP contribution in [-0.4, -0.2) is 8.07 Å². The number of hydrogen-bond donors (Lipinski definition) is 0. The monoisotopic (exact) mass is 162 g/mol. The molecule has 0 saturated heterocycles. The summed E-state index contributed by atoms with van der Waals surface area (Å²) in [4.78, 5) is 0. The van der Waals surface area contributed by atoms with Crippen LogP contribution in [-0.2, 0) is 0 Å². The third-order valence-electron chi connectivity index (χ3n) is 1.29. The molecule has 2 radical (unpaired) electrons. The minimum Gasteiger partial charge on any atom is -0.0688 e. The van der Waals surface area contributed by atoms with Crippen LogP contribution < -0.4 is 0 Å². The lowest BCUT2D eigenvalue weighted by molar-refractivity contribution is 1.52. The standard InChI is InChI=1S/C10H14Si/c1-11(2,3)9-10-7-5-4-6-8-10/h4-8H,1-3H3. The molecule has 0 amide bonds. The molecule has 0 fully saturated rings. The predicted molar refractivity (Wildman–Crippen MR) is 52.1 cm³/mol. The number of benzene rings is 1. The van der Waals surface area contributed by atoms with Crippen LogP contribution >= 0.6 is 0 Å². The van der Waals surface area contributed by atoms with Gasteiger partial charge in [-0.3, -0.25) is 0 Å². The van der Waals surface area contributed by atoms with Crippen LogP contribution in [0.15, 0.2) is 30.3 Å². The lowest BCUT2D eigenvalue weighted by Crippen LogP contribution is -2.21. The second-order valence-corrected chi connectivity index (χ2v) is 8.49. The molecule has 0 aliphatic carbocycles. The molecule has 0 unspecified atom stereocenters. The van der Waals surface area contributed by atoms with Gasteiger partial charge >= 0.3 is 0 Å². The summed E-state index contributed by atoms with van der Waals surface area (Å²) in [6.45, 7) is 6.88. The van der Waals surface area contributed by atoms with E-state index in [0.717, 1.165) is 0 Å². The largest absolute Gasteiger partial charge is 0.0688 e. The average molecular weight is 162 g/mol. The first kappa shape index (κ1) is 8.53. The Bertz CT molecular complexity index is 208. The fourth-order valence-corrected chi connectivity index (χ4v) is 1.99. The first-order valence-electron chi connectivity index (χ1n) is 3.91. The Morgan fingerprint density at radius 1 is 1.00 bits per heavy atom. The van der Waals surface area contributed by atoms with Crippen LogP contribution in [0.1, 0.15) is 5.56 Å². The molecule has 0 heterocycles. The molecule has 0 bridgehead atoms. The summed E-state index contributed by atoms with van der Waals surface area (Å²) < 4.78 is 0. The summed E-state index contributed by atoms with van der Waals surface area (Å²) >= 11 is 0. The minimum absolute atomic E-state index is 1.15. The maximum absolute atomic E-state index is 3.52. The van der Waals surface area contributed by atoms with Crippen molar-refractivity contribution in [2.45, 2.75) is 19.6 Å². The maximum Gasteiger partial charge on any atom is 0.0573 e. The second kappa shape index (κ2) is 3.22. The molecule has 0 spiro atoms. The quantitative estimate of drug-likeness (QED) is 0.586. The van der Waals surface area contributed by atoms with Crippen molar-refractivity contribution in [2.75, 3.05) is 0 Å². The average Bonchev–Trinajstić information content (AvgIpc) is 1.85. The molecule has 1 aromatic rings. The maximum atomic E-state index is 3.52. The van der Waals surface area contributed by atoms with E-state index in [1.54, 1.807) is 0 Å². The lowest BCUT2D eigenvalue weighted by atomic mass is 10.2. The van der Waals surface area contributed by atoms with E-state index in [2.05, 4.69) is 50.0 Å². The zero-order valence-electron chi connectivity index (χ0n) is 7.39. The Labute approximate surface area is 70.3 Å². The van der Waals surface area contributed by atoms with Gasteiger partial charge in [-0.1, -0.05) is 50.0 Å². The Balaban J connectivity index is 2.66. The molecule has 0 saturated carbocycles. The molecular weight excluding hydrogens is 148 g/mol. The van der Waals surface area contributed by atoms with Crippen LogP contribution in [0.2, 0.25) is 19.6 Å². The Morgan fingerprint density at radius 2 is 1.55 bits per heavy atom. The molecule has 0 aromatic heterocycles. The van der Waals surface area contributed by atoms with E-state index in [0.29, 0.717) is 0 Å². The fourth-order valence-electron chi connectivity index (χ4n) is 0.954. The van der Waals surface area contributed by atoms with Crippen molar-refractivity contribution in [3.05, 3.63) is 41.9 Å². The summed E-state index contributed by atoms with van der Waals surface area (Å²) in [6, 6.07) is 13.9. The Hall–Kier alpha value is -0.563. The van der Waals surface area contributed by atoms with Crippen LogP contribution in [0.3, 0.4) is 0 Å².